The number of nitrogens with zero attached hydrogens (tertiary/aromatic N) is 1. The maximum Gasteiger partial charge on any atom is 0.116 e. The van der Waals surface area contributed by atoms with E-state index in [0.29, 0.717) is 0 Å². The van der Waals surface area contributed by atoms with Crippen LogP contribution < -0.4 is 5.46 Å². The number of pyridine rings is 1. The first kappa shape index (κ1) is 6.41. The number of hydrogen-bond acceptors (Lipinski definition) is 1. The van der Waals surface area contributed by atoms with Crippen LogP contribution >= 0.6 is 0 Å². The third kappa shape index (κ3) is 1.00. The molecule has 0 unspecified atom stereocenters. The fraction of sp³-hybridized carbons (Fsp3) is 0. The summed E-state index contributed by atoms with van der Waals surface area (Å²) >= 11 is 0. The molecule has 1 nitrogen and oxygen atoms in total. The van der Waals surface area contributed by atoms with Crippen molar-refractivity contribution in [2.24, 2.45) is 0 Å². The van der Waals surface area contributed by atoms with Gasteiger partial charge in [0.05, 0.1) is 0 Å². The normalized spacial score (nSPS) is 10.2. The van der Waals surface area contributed by atoms with Gasteiger partial charge in [-0.1, -0.05) is 29.7 Å². The zero-order chi connectivity index (χ0) is 7.68. The van der Waals surface area contributed by atoms with Crippen LogP contribution in [0.5, 0.6) is 0 Å². The Morgan fingerprint density at radius 3 is 2.73 bits per heavy atom. The summed E-state index contributed by atoms with van der Waals surface area (Å²) < 4.78 is 0. The van der Waals surface area contributed by atoms with E-state index in [2.05, 4.69) is 4.98 Å². The number of fused-ring (bicyclic) bond motifs is 1. The van der Waals surface area contributed by atoms with Crippen molar-refractivity contribution < 1.29 is 0 Å². The molecule has 50 valence electrons. The quantitative estimate of drug-likeness (QED) is 0.496. The van der Waals surface area contributed by atoms with Crippen LogP contribution in [0.3, 0.4) is 0 Å². The molecule has 0 N–H and O–H groups in total. The van der Waals surface area contributed by atoms with Gasteiger partial charge in [-0.2, -0.15) is 0 Å². The van der Waals surface area contributed by atoms with Gasteiger partial charge in [0.1, 0.15) is 7.85 Å². The maximum atomic E-state index is 5.69. The predicted molar refractivity (Wildman–Crippen MR) is 47.1 cm³/mol. The molecule has 11 heavy (non-hydrogen) atoms. The molecule has 0 fully saturated rings. The third-order valence-corrected chi connectivity index (χ3v) is 1.70. The zero-order valence-corrected chi connectivity index (χ0v) is 5.99. The predicted octanol–water partition coefficient (Wildman–Crippen LogP) is 1.03. The van der Waals surface area contributed by atoms with Gasteiger partial charge in [0, 0.05) is 12.4 Å². The van der Waals surface area contributed by atoms with E-state index in [1.165, 1.54) is 0 Å². The fourth-order valence-electron chi connectivity index (χ4n) is 1.14. The zero-order valence-electron chi connectivity index (χ0n) is 5.99. The van der Waals surface area contributed by atoms with E-state index in [1.54, 1.807) is 6.20 Å². The van der Waals surface area contributed by atoms with Crippen LogP contribution in [0.4, 0.5) is 0 Å². The SMILES string of the molecule is [B]c1cncc2ccccc12. The Kier molecular flexibility index (Phi) is 1.39. The van der Waals surface area contributed by atoms with E-state index >= 15 is 0 Å². The third-order valence-electron chi connectivity index (χ3n) is 1.70. The van der Waals surface area contributed by atoms with Gasteiger partial charge in [0.15, 0.2) is 0 Å². The summed E-state index contributed by atoms with van der Waals surface area (Å²) in [4.78, 5) is 3.99. The molecular weight excluding hydrogens is 133 g/mol. The van der Waals surface area contributed by atoms with Gasteiger partial charge < -0.3 is 0 Å². The van der Waals surface area contributed by atoms with Crippen LogP contribution in [0.2, 0.25) is 0 Å². The van der Waals surface area contributed by atoms with Crippen molar-refractivity contribution in [3.8, 4) is 0 Å². The monoisotopic (exact) mass is 139 g/mol. The number of rotatable bonds is 0. The average Bonchev–Trinajstić information content (AvgIpc) is 2.06. The van der Waals surface area contributed by atoms with Crippen LogP contribution in [0.25, 0.3) is 10.8 Å². The van der Waals surface area contributed by atoms with E-state index in [4.69, 9.17) is 7.85 Å². The molecule has 2 radical (unpaired) electrons. The minimum absolute atomic E-state index is 0.739. The second-order valence-corrected chi connectivity index (χ2v) is 2.45. The smallest absolute Gasteiger partial charge is 0.116 e. The van der Waals surface area contributed by atoms with E-state index in [0.717, 1.165) is 16.2 Å². The van der Waals surface area contributed by atoms with Crippen molar-refractivity contribution in [2.75, 3.05) is 0 Å². The summed E-state index contributed by atoms with van der Waals surface area (Å²) in [5.74, 6) is 0. The highest BCUT2D eigenvalue weighted by atomic mass is 14.6. The van der Waals surface area contributed by atoms with Gasteiger partial charge in [0.25, 0.3) is 0 Å². The highest BCUT2D eigenvalue weighted by molar-refractivity contribution is 6.38. The van der Waals surface area contributed by atoms with E-state index in [-0.39, 0.29) is 0 Å². The lowest BCUT2D eigenvalue weighted by molar-refractivity contribution is 1.38. The summed E-state index contributed by atoms with van der Waals surface area (Å²) in [6, 6.07) is 7.94. The first-order chi connectivity index (χ1) is 5.38. The van der Waals surface area contributed by atoms with Crippen molar-refractivity contribution in [3.63, 3.8) is 0 Å². The van der Waals surface area contributed by atoms with E-state index in [1.807, 2.05) is 30.5 Å². The molecule has 0 saturated carbocycles. The topological polar surface area (TPSA) is 12.9 Å². The highest BCUT2D eigenvalue weighted by Crippen LogP contribution is 2.07. The summed E-state index contributed by atoms with van der Waals surface area (Å²) in [5.41, 5.74) is 0.739. The molecule has 1 heterocycles. The Bertz CT molecular complexity index is 379. The molecule has 0 bridgehead atoms. The lowest BCUT2D eigenvalue weighted by Crippen LogP contribution is -2.03. The van der Waals surface area contributed by atoms with Crippen molar-refractivity contribution in [1.29, 1.82) is 0 Å². The van der Waals surface area contributed by atoms with E-state index < -0.39 is 0 Å². The molecule has 2 heteroatoms. The Balaban J connectivity index is 2.91. The minimum atomic E-state index is 0.739. The molecule has 2 aromatic rings. The van der Waals surface area contributed by atoms with Gasteiger partial charge in [-0.15, -0.1) is 0 Å². The second kappa shape index (κ2) is 2.38. The summed E-state index contributed by atoms with van der Waals surface area (Å²) in [6.07, 6.45) is 3.48. The molecule has 0 amide bonds. The lowest BCUT2D eigenvalue weighted by atomic mass is 9.93. The standard InChI is InChI=1S/C9H6BN/c10-9-6-11-5-7-3-1-2-4-8(7)9/h1-6H. The molecule has 0 aliphatic carbocycles. The van der Waals surface area contributed by atoms with Crippen LogP contribution in [-0.2, 0) is 0 Å². The van der Waals surface area contributed by atoms with Gasteiger partial charge in [-0.25, -0.2) is 0 Å². The number of hydrogen-bond donors (Lipinski definition) is 0. The molecule has 0 spiro atoms. The van der Waals surface area contributed by atoms with Crippen molar-refractivity contribution >= 4 is 24.1 Å². The summed E-state index contributed by atoms with van der Waals surface area (Å²) in [7, 11) is 5.69. The Hall–Kier alpha value is -1.31. The largest absolute Gasteiger partial charge is 0.265 e. The summed E-state index contributed by atoms with van der Waals surface area (Å²) in [5, 5.41) is 2.16. The number of aromatic nitrogens is 1. The molecular formula is C9H6BN. The molecule has 0 saturated heterocycles. The van der Waals surface area contributed by atoms with Gasteiger partial charge in [-0.05, 0) is 10.8 Å². The lowest BCUT2D eigenvalue weighted by Gasteiger charge is -1.98. The average molecular weight is 139 g/mol. The molecule has 2 rings (SSSR count). The Morgan fingerprint density at radius 2 is 1.91 bits per heavy atom. The molecule has 1 aromatic heterocycles. The van der Waals surface area contributed by atoms with Crippen molar-refractivity contribution in [3.05, 3.63) is 36.7 Å². The van der Waals surface area contributed by atoms with Gasteiger partial charge in [0.2, 0.25) is 0 Å². The van der Waals surface area contributed by atoms with Crippen LogP contribution in [-0.4, -0.2) is 12.8 Å². The van der Waals surface area contributed by atoms with E-state index in [9.17, 15) is 0 Å². The fourth-order valence-corrected chi connectivity index (χ4v) is 1.14. The summed E-state index contributed by atoms with van der Waals surface area (Å²) in [6.45, 7) is 0. The van der Waals surface area contributed by atoms with Crippen molar-refractivity contribution in [1.82, 2.24) is 4.98 Å². The maximum absolute atomic E-state index is 5.69. The van der Waals surface area contributed by atoms with Crippen LogP contribution in [0.15, 0.2) is 36.7 Å². The highest BCUT2D eigenvalue weighted by Gasteiger charge is 1.92. The molecule has 0 aliphatic rings. The number of benzene rings is 1. The first-order valence-corrected chi connectivity index (χ1v) is 3.46. The molecule has 0 aliphatic heterocycles. The molecule has 0 atom stereocenters. The van der Waals surface area contributed by atoms with Crippen LogP contribution in [0.1, 0.15) is 0 Å². The first-order valence-electron chi connectivity index (χ1n) is 3.46. The molecule has 1 aromatic carbocycles. The van der Waals surface area contributed by atoms with Gasteiger partial charge >= 0.3 is 0 Å². The Labute approximate surface area is 66.5 Å². The minimum Gasteiger partial charge on any atom is -0.265 e. The van der Waals surface area contributed by atoms with Crippen LogP contribution in [0, 0.1) is 0 Å². The van der Waals surface area contributed by atoms with Crippen molar-refractivity contribution in [2.45, 2.75) is 0 Å². The Morgan fingerprint density at radius 1 is 1.09 bits per heavy atom. The second-order valence-electron chi connectivity index (χ2n) is 2.45. The van der Waals surface area contributed by atoms with Gasteiger partial charge in [-0.3, -0.25) is 4.98 Å².